The Labute approximate surface area is 706 Å². The highest BCUT2D eigenvalue weighted by atomic mass is 32.1. The van der Waals surface area contributed by atoms with Crippen LogP contribution in [0.3, 0.4) is 0 Å². The number of nitrogens with one attached hydrogen (secondary N) is 12. The number of aliphatic carboxylic acids is 1. The molecule has 1 unspecified atom stereocenters. The number of hydrogen-bond donors (Lipinski definition) is 19. The fraction of sp³-hybridized carbons (Fsp3) is 0.667. The molecule has 17 N–H and O–H groups in total. The summed E-state index contributed by atoms with van der Waals surface area (Å²) in [4.78, 5) is 177. The van der Waals surface area contributed by atoms with E-state index in [0.717, 1.165) is 57.4 Å². The van der Waals surface area contributed by atoms with Gasteiger partial charge < -0.3 is 83.7 Å². The van der Waals surface area contributed by atoms with E-state index < -0.39 is 83.8 Å². The normalized spacial score (nSPS) is 12.4. The van der Waals surface area contributed by atoms with Crippen LogP contribution in [-0.2, 0) is 61.7 Å². The van der Waals surface area contributed by atoms with Crippen LogP contribution in [0.5, 0.6) is 0 Å². The third-order valence-electron chi connectivity index (χ3n) is 16.7. The van der Waals surface area contributed by atoms with Crippen molar-refractivity contribution >= 4 is 114 Å². The van der Waals surface area contributed by atoms with Crippen LogP contribution >= 0.6 is 25.3 Å². The molecule has 8 amide bonds. The van der Waals surface area contributed by atoms with E-state index in [1.807, 2.05) is 41.5 Å². The number of carboxylic acid groups (broad SMARTS) is 1. The summed E-state index contributed by atoms with van der Waals surface area (Å²) in [6.07, 6.45) is 4.34. The monoisotopic (exact) mass is 1760 g/mol. The van der Waals surface area contributed by atoms with Crippen LogP contribution in [0.15, 0.2) is 43.4 Å². The van der Waals surface area contributed by atoms with Gasteiger partial charge in [0.15, 0.2) is 12.2 Å². The Bertz CT molecular complexity index is 3890. The molecule has 40 nitrogen and oxygen atoms in total. The first-order valence-electron chi connectivity index (χ1n) is 40.2. The summed E-state index contributed by atoms with van der Waals surface area (Å²) in [6.45, 7) is 23.1. The predicted octanol–water partition coefficient (Wildman–Crippen LogP) is 4.67. The molecule has 119 heavy (non-hydrogen) atoms. The van der Waals surface area contributed by atoms with E-state index >= 15 is 0 Å². The number of aromatic amines is 4. The van der Waals surface area contributed by atoms with Crippen molar-refractivity contribution in [1.29, 1.82) is 0 Å². The minimum atomic E-state index is -2.69. The van der Waals surface area contributed by atoms with Gasteiger partial charge in [0, 0.05) is 175 Å². The van der Waals surface area contributed by atoms with Gasteiger partial charge in [-0.05, 0) is 127 Å². The summed E-state index contributed by atoms with van der Waals surface area (Å²) in [6, 6.07) is 5.41. The van der Waals surface area contributed by atoms with Gasteiger partial charge in [0.05, 0.1) is 12.3 Å². The zero-order valence-corrected chi connectivity index (χ0v) is 73.9. The minimum Gasteiger partial charge on any atom is -0.481 e. The number of nitrogens with zero attached hydrogens (tertiary/aromatic N) is 4. The van der Waals surface area contributed by atoms with Crippen molar-refractivity contribution in [3.05, 3.63) is 94.3 Å². The Balaban J connectivity index is 0.000000801. The van der Waals surface area contributed by atoms with Crippen molar-refractivity contribution in [2.45, 2.75) is 234 Å². The first-order chi connectivity index (χ1) is 56.6. The number of amides is 8. The summed E-state index contributed by atoms with van der Waals surface area (Å²) in [5.74, 6) is -2.48. The van der Waals surface area contributed by atoms with Gasteiger partial charge in [-0.25, -0.2) is 34.3 Å². The molecule has 0 fully saturated rings. The fourth-order valence-corrected chi connectivity index (χ4v) is 16.9. The van der Waals surface area contributed by atoms with Crippen molar-refractivity contribution in [1.82, 2.24) is 66.5 Å². The number of carbonyl (C=O) groups is 9. The molecule has 0 aliphatic carbocycles. The lowest BCUT2D eigenvalue weighted by Crippen LogP contribution is -2.54. The van der Waals surface area contributed by atoms with Crippen LogP contribution in [0.1, 0.15) is 192 Å². The van der Waals surface area contributed by atoms with Gasteiger partial charge >= 0.3 is 41.7 Å². The van der Waals surface area contributed by atoms with Crippen LogP contribution in [0.25, 0.3) is 0 Å². The predicted molar refractivity (Wildman–Crippen MR) is 456 cm³/mol. The molecule has 5 atom stereocenters. The van der Waals surface area contributed by atoms with Gasteiger partial charge in [-0.2, -0.15) is 25.3 Å². The highest BCUT2D eigenvalue weighted by molar-refractivity contribution is 7.80. The topological polar surface area (TPSA) is 589 Å². The van der Waals surface area contributed by atoms with E-state index in [1.165, 1.54) is 24.3 Å². The Morgan fingerprint density at radius 3 is 1.08 bits per heavy atom. The number of Topliss-reactive ketones (excluding diaryl/α,β-unsaturated/α-hetero) is 3. The van der Waals surface area contributed by atoms with E-state index in [-0.39, 0.29) is 89.8 Å². The number of aryl methyl sites for hydroxylation is 4. The SMILES string of the molecule is CCO[Si](CCCCC(=O)CCCCCCCNC(=O)Nc1nc(C)cc(=O)[nH]1)(OCC)OCC.CCO[Si](CCCNC(=O)Nc1nc(C)cc(=O)[nH]1)(OCC)OCC.Cc1cc(=O)[nH]c(CC(=O)CCCCCNC(=O)[C@H](O)[C@@H](O)[C@@H](O)[C@H](O)C(=O)NCCS)n1.Cc1cc(=O)[nH]c(NC(=O)NCCCCCC(=O)CC(CS)C(=O)O)n1. The van der Waals surface area contributed by atoms with Gasteiger partial charge in [0.25, 0.3) is 34.1 Å². The molecule has 4 aromatic rings. The number of aromatic nitrogens is 8. The molecule has 44 heteroatoms. The summed E-state index contributed by atoms with van der Waals surface area (Å²) in [7, 11) is -5.29. The lowest BCUT2D eigenvalue weighted by atomic mass is 10.0. The van der Waals surface area contributed by atoms with E-state index in [9.17, 15) is 82.8 Å². The molecule has 0 spiro atoms. The number of thiol groups is 2. The molecule has 0 aromatic carbocycles. The number of ketones is 3. The summed E-state index contributed by atoms with van der Waals surface area (Å²) in [5, 5.41) is 68.3. The van der Waals surface area contributed by atoms with Crippen LogP contribution < -0.4 is 64.8 Å². The van der Waals surface area contributed by atoms with Crippen molar-refractivity contribution in [2.75, 3.05) is 99.8 Å². The number of unbranched alkanes of at least 4 members (excludes halogenated alkanes) is 9. The number of H-pyrrole nitrogens is 4. The molecule has 4 rings (SSSR count). The molecular formula is C75H128N16O24S2Si2. The summed E-state index contributed by atoms with van der Waals surface area (Å²) >= 11 is 7.80. The zero-order chi connectivity index (χ0) is 89.1. The Morgan fingerprint density at radius 2 is 0.714 bits per heavy atom. The number of aliphatic hydroxyl groups excluding tert-OH is 4. The molecule has 4 heterocycles. The van der Waals surface area contributed by atoms with Gasteiger partial charge in [-0.1, -0.05) is 32.1 Å². The highest BCUT2D eigenvalue weighted by Crippen LogP contribution is 2.22. The third-order valence-corrected chi connectivity index (χ3v) is 23.6. The number of aliphatic hydroxyl groups is 4. The van der Waals surface area contributed by atoms with Gasteiger partial charge in [-0.3, -0.25) is 78.8 Å². The second-order valence-corrected chi connectivity index (χ2v) is 33.3. The summed E-state index contributed by atoms with van der Waals surface area (Å²) in [5.41, 5.74) is 0.812. The largest absolute Gasteiger partial charge is 0.500 e. The smallest absolute Gasteiger partial charge is 0.481 e. The van der Waals surface area contributed by atoms with E-state index in [4.69, 9.17) is 31.7 Å². The average Bonchev–Trinajstić information content (AvgIpc) is 0.893. The molecule has 0 aliphatic heterocycles. The number of rotatable bonds is 57. The maximum Gasteiger partial charge on any atom is 0.500 e. The summed E-state index contributed by atoms with van der Waals surface area (Å²) < 4.78 is 34.8. The number of urea groups is 3. The average molecular weight is 1760 g/mol. The maximum atomic E-state index is 12.2. The molecule has 0 bridgehead atoms. The lowest BCUT2D eigenvalue weighted by Gasteiger charge is -2.28. The van der Waals surface area contributed by atoms with Gasteiger partial charge in [0.2, 0.25) is 17.8 Å². The maximum absolute atomic E-state index is 12.2. The molecule has 0 aliphatic rings. The number of carbonyl (C=O) groups excluding carboxylic acids is 8. The van der Waals surface area contributed by atoms with E-state index in [0.29, 0.717) is 163 Å². The van der Waals surface area contributed by atoms with Crippen LogP contribution in [0.4, 0.5) is 32.2 Å². The Morgan fingerprint density at radius 1 is 0.403 bits per heavy atom. The molecule has 672 valence electrons. The molecule has 4 aromatic heterocycles. The van der Waals surface area contributed by atoms with Crippen LogP contribution in [-0.4, -0.2) is 245 Å². The molecule has 0 saturated carbocycles. The number of hydrogen-bond acceptors (Lipinski definition) is 29. The minimum absolute atomic E-state index is 0.00117. The molecule has 0 saturated heterocycles. The highest BCUT2D eigenvalue weighted by Gasteiger charge is 2.41. The molecular weight excluding hydrogens is 1630 g/mol. The van der Waals surface area contributed by atoms with Crippen molar-refractivity contribution in [2.24, 2.45) is 5.92 Å². The van der Waals surface area contributed by atoms with Crippen molar-refractivity contribution < 1.29 is 95.2 Å². The van der Waals surface area contributed by atoms with E-state index in [2.05, 4.69) is 108 Å². The van der Waals surface area contributed by atoms with Crippen LogP contribution in [0, 0.1) is 33.6 Å². The third kappa shape index (κ3) is 50.4. The van der Waals surface area contributed by atoms with Gasteiger partial charge in [0.1, 0.15) is 35.4 Å². The Kier molecular flexibility index (Phi) is 57.9. The molecule has 0 radical (unpaired) electrons. The van der Waals surface area contributed by atoms with Crippen molar-refractivity contribution in [3.63, 3.8) is 0 Å². The second kappa shape index (κ2) is 63.5. The first kappa shape index (κ1) is 108. The lowest BCUT2D eigenvalue weighted by molar-refractivity contribution is -0.155. The standard InChI is InChI=1S/C24H44N4O6Si.C20H32N4O8S.C16H24N4O5S.C15H28N4O5Si/c1-5-32-35(33-6-2,34-7-3)18-14-12-16-21(29)15-11-9-8-10-13-17-25-24(31)28-23-26-20(4)19-22(30)27-23;1-11-9-14(26)24-13(23-11)10-12(25)5-3-2-4-6-21-19(31)17(29)15(27)16(28)18(30)20(32)22-7-8-33;1-10-7-13(22)19-15(18-10)20-16(25)17-6-4-2-3-5-12(21)8-11(9-26)14(23)24;1-5-22-25(23-6-2,24-7-3)10-8-9-16-15(21)19-14-17-12(4)11-13(20)18-14/h19H,5-18H2,1-4H3,(H3,25,26,27,28,30,31);9,15-18,27-30,33H,2-8,10H2,1H3,(H,21,31)(H,22,32)(H,23,24,26);7,11,26H,2-6,8-9H2,1H3,(H,23,24)(H3,17,18,19,20,22,25);11H,5-10H2,1-4H3,(H3,16,17,18,19,20,21)/t;15-,16+,17+,18-;;/m.0../s1. The first-order valence-corrected chi connectivity index (χ1v) is 45.4. The quantitative estimate of drug-likeness (QED) is 0.0162. The Hall–Kier alpha value is -8.52. The second-order valence-electron chi connectivity index (χ2n) is 27.0. The van der Waals surface area contributed by atoms with Gasteiger partial charge in [-0.15, -0.1) is 0 Å². The zero-order valence-electron chi connectivity index (χ0n) is 70.1. The van der Waals surface area contributed by atoms with Crippen LogP contribution in [0.2, 0.25) is 12.1 Å². The van der Waals surface area contributed by atoms with E-state index in [1.54, 1.807) is 27.7 Å². The number of carboxylic acids is 1. The fourth-order valence-electron chi connectivity index (χ4n) is 11.2. The number of anilines is 3. The van der Waals surface area contributed by atoms with Crippen molar-refractivity contribution in [3.8, 4) is 0 Å².